The normalized spacial score (nSPS) is 10.6. The van der Waals surface area contributed by atoms with Crippen molar-refractivity contribution in [1.29, 1.82) is 0 Å². The first-order valence-corrected chi connectivity index (χ1v) is 5.66. The number of hydrogen-bond acceptors (Lipinski definition) is 3. The maximum absolute atomic E-state index is 12.8. The first kappa shape index (κ1) is 14.1. The largest absolute Gasteiger partial charge is 0.354 e. The Hall–Kier alpha value is -0.980. The Kier molecular flexibility index (Phi) is 5.54. The van der Waals surface area contributed by atoms with Crippen molar-refractivity contribution in [1.82, 2.24) is 5.32 Å². The van der Waals surface area contributed by atoms with Gasteiger partial charge in [-0.05, 0) is 34.1 Å². The van der Waals surface area contributed by atoms with E-state index in [1.54, 1.807) is 0 Å². The van der Waals surface area contributed by atoms with E-state index in [2.05, 4.69) is 21.2 Å². The smallest absolute Gasteiger partial charge is 0.252 e. The van der Waals surface area contributed by atoms with E-state index < -0.39 is 12.1 Å². The molecular formula is C11H13BrFNO3. The lowest BCUT2D eigenvalue weighted by atomic mass is 10.2. The van der Waals surface area contributed by atoms with Gasteiger partial charge in [0.2, 0.25) is 0 Å². The van der Waals surface area contributed by atoms with Crippen LogP contribution in [0, 0.1) is 5.82 Å². The Balaban J connectivity index is 2.64. The number of carbonyl (C=O) groups excluding carboxylic acids is 1. The van der Waals surface area contributed by atoms with Gasteiger partial charge in [0.25, 0.3) is 5.91 Å². The summed E-state index contributed by atoms with van der Waals surface area (Å²) in [5.74, 6) is -0.726. The maximum atomic E-state index is 12.8. The molecule has 1 amide bonds. The van der Waals surface area contributed by atoms with Gasteiger partial charge in [0.1, 0.15) is 5.82 Å². The van der Waals surface area contributed by atoms with E-state index in [1.165, 1.54) is 32.4 Å². The summed E-state index contributed by atoms with van der Waals surface area (Å²) >= 11 is 3.13. The van der Waals surface area contributed by atoms with Crippen LogP contribution in [-0.2, 0) is 9.47 Å². The number of amides is 1. The molecule has 4 nitrogen and oxygen atoms in total. The molecule has 0 aromatic heterocycles. The zero-order chi connectivity index (χ0) is 12.8. The van der Waals surface area contributed by atoms with Crippen molar-refractivity contribution in [3.8, 4) is 0 Å². The molecule has 0 unspecified atom stereocenters. The lowest BCUT2D eigenvalue weighted by Crippen LogP contribution is -2.34. The molecule has 0 heterocycles. The fourth-order valence-corrected chi connectivity index (χ4v) is 1.74. The van der Waals surface area contributed by atoms with Crippen molar-refractivity contribution in [2.45, 2.75) is 6.29 Å². The fraction of sp³-hybridized carbons (Fsp3) is 0.364. The Bertz CT molecular complexity index is 396. The second kappa shape index (κ2) is 6.68. The zero-order valence-corrected chi connectivity index (χ0v) is 11.1. The highest BCUT2D eigenvalue weighted by molar-refractivity contribution is 9.10. The van der Waals surface area contributed by atoms with Crippen molar-refractivity contribution < 1.29 is 18.7 Å². The van der Waals surface area contributed by atoms with Crippen molar-refractivity contribution >= 4 is 21.8 Å². The summed E-state index contributed by atoms with van der Waals surface area (Å²) in [7, 11) is 2.96. The second-order valence-corrected chi connectivity index (χ2v) is 4.09. The van der Waals surface area contributed by atoms with E-state index in [4.69, 9.17) is 9.47 Å². The molecule has 94 valence electrons. The van der Waals surface area contributed by atoms with Crippen LogP contribution in [0.4, 0.5) is 4.39 Å². The molecule has 6 heteroatoms. The number of rotatable bonds is 5. The fourth-order valence-electron chi connectivity index (χ4n) is 1.21. The molecular weight excluding hydrogens is 293 g/mol. The van der Waals surface area contributed by atoms with E-state index in [9.17, 15) is 9.18 Å². The van der Waals surface area contributed by atoms with E-state index in [-0.39, 0.29) is 12.5 Å². The molecule has 0 radical (unpaired) electrons. The number of nitrogens with one attached hydrogen (secondary N) is 1. The van der Waals surface area contributed by atoms with Crippen LogP contribution >= 0.6 is 15.9 Å². The SMILES string of the molecule is COC(CNC(=O)c1ccc(F)cc1Br)OC. The van der Waals surface area contributed by atoms with Gasteiger partial charge >= 0.3 is 0 Å². The van der Waals surface area contributed by atoms with Gasteiger partial charge < -0.3 is 14.8 Å². The monoisotopic (exact) mass is 305 g/mol. The van der Waals surface area contributed by atoms with E-state index in [0.29, 0.717) is 10.0 Å². The molecule has 1 aromatic carbocycles. The maximum Gasteiger partial charge on any atom is 0.252 e. The third-order valence-corrected chi connectivity index (χ3v) is 2.79. The van der Waals surface area contributed by atoms with Crippen LogP contribution in [0.1, 0.15) is 10.4 Å². The lowest BCUT2D eigenvalue weighted by molar-refractivity contribution is -0.0974. The van der Waals surface area contributed by atoms with E-state index >= 15 is 0 Å². The molecule has 0 spiro atoms. The molecule has 0 aliphatic heterocycles. The molecule has 1 aromatic rings. The van der Waals surface area contributed by atoms with Crippen LogP contribution in [0.3, 0.4) is 0 Å². The zero-order valence-electron chi connectivity index (χ0n) is 9.50. The van der Waals surface area contributed by atoms with E-state index in [0.717, 1.165) is 0 Å². The number of methoxy groups -OCH3 is 2. The van der Waals surface area contributed by atoms with Gasteiger partial charge in [-0.3, -0.25) is 4.79 Å². The van der Waals surface area contributed by atoms with Gasteiger partial charge in [-0.1, -0.05) is 0 Å². The minimum Gasteiger partial charge on any atom is -0.354 e. The third kappa shape index (κ3) is 4.07. The van der Waals surface area contributed by atoms with Crippen molar-refractivity contribution in [2.75, 3.05) is 20.8 Å². The van der Waals surface area contributed by atoms with E-state index in [1.807, 2.05) is 0 Å². The summed E-state index contributed by atoms with van der Waals surface area (Å²) in [6.07, 6.45) is -0.502. The molecule has 0 aliphatic carbocycles. The van der Waals surface area contributed by atoms with Gasteiger partial charge in [-0.2, -0.15) is 0 Å². The van der Waals surface area contributed by atoms with Crippen LogP contribution in [0.25, 0.3) is 0 Å². The van der Waals surface area contributed by atoms with Gasteiger partial charge in [0.15, 0.2) is 6.29 Å². The Morgan fingerprint density at radius 1 is 1.47 bits per heavy atom. The van der Waals surface area contributed by atoms with Gasteiger partial charge in [0.05, 0.1) is 12.1 Å². The Morgan fingerprint density at radius 2 is 2.12 bits per heavy atom. The summed E-state index contributed by atoms with van der Waals surface area (Å²) in [4.78, 5) is 11.7. The molecule has 1 N–H and O–H groups in total. The number of benzene rings is 1. The average Bonchev–Trinajstić information content (AvgIpc) is 2.30. The highest BCUT2D eigenvalue weighted by Crippen LogP contribution is 2.17. The number of hydrogen-bond donors (Lipinski definition) is 1. The lowest BCUT2D eigenvalue weighted by Gasteiger charge is -2.14. The summed E-state index contributed by atoms with van der Waals surface area (Å²) in [5.41, 5.74) is 0.359. The Labute approximate surface area is 107 Å². The molecule has 0 aliphatic rings. The predicted octanol–water partition coefficient (Wildman–Crippen LogP) is 1.94. The predicted molar refractivity (Wildman–Crippen MR) is 64.2 cm³/mol. The standard InChI is InChI=1S/C11H13BrFNO3/c1-16-10(17-2)6-14-11(15)8-4-3-7(13)5-9(8)12/h3-5,10H,6H2,1-2H3,(H,14,15). The molecule has 0 saturated carbocycles. The number of carbonyl (C=O) groups is 1. The van der Waals surface area contributed by atoms with Crippen LogP contribution in [-0.4, -0.2) is 33.0 Å². The summed E-state index contributed by atoms with van der Waals surface area (Å²) in [5, 5.41) is 2.62. The topological polar surface area (TPSA) is 47.6 Å². The molecule has 0 fully saturated rings. The summed E-state index contributed by atoms with van der Waals surface area (Å²) in [6.45, 7) is 0.218. The Morgan fingerprint density at radius 3 is 2.65 bits per heavy atom. The summed E-state index contributed by atoms with van der Waals surface area (Å²) < 4.78 is 23.1. The van der Waals surface area contributed by atoms with Crippen molar-refractivity contribution in [3.05, 3.63) is 34.1 Å². The quantitative estimate of drug-likeness (QED) is 0.846. The van der Waals surface area contributed by atoms with Crippen molar-refractivity contribution in [3.63, 3.8) is 0 Å². The number of halogens is 2. The second-order valence-electron chi connectivity index (χ2n) is 3.24. The minimum absolute atomic E-state index is 0.218. The molecule has 0 bridgehead atoms. The first-order chi connectivity index (χ1) is 8.08. The number of ether oxygens (including phenoxy) is 2. The first-order valence-electron chi connectivity index (χ1n) is 4.87. The highest BCUT2D eigenvalue weighted by atomic mass is 79.9. The van der Waals surface area contributed by atoms with Crippen LogP contribution in [0.2, 0.25) is 0 Å². The van der Waals surface area contributed by atoms with Crippen molar-refractivity contribution in [2.24, 2.45) is 0 Å². The molecule has 1 rings (SSSR count). The van der Waals surface area contributed by atoms with Crippen LogP contribution in [0.5, 0.6) is 0 Å². The minimum atomic E-state index is -0.502. The summed E-state index contributed by atoms with van der Waals surface area (Å²) in [6, 6.07) is 3.87. The highest BCUT2D eigenvalue weighted by Gasteiger charge is 2.12. The molecule has 17 heavy (non-hydrogen) atoms. The van der Waals surface area contributed by atoms with Crippen LogP contribution < -0.4 is 5.32 Å². The molecule has 0 atom stereocenters. The van der Waals surface area contributed by atoms with Crippen LogP contribution in [0.15, 0.2) is 22.7 Å². The molecule has 0 saturated heterocycles. The average molecular weight is 306 g/mol. The van der Waals surface area contributed by atoms with Gasteiger partial charge in [-0.15, -0.1) is 0 Å². The van der Waals surface area contributed by atoms with Gasteiger partial charge in [-0.25, -0.2) is 4.39 Å². The van der Waals surface area contributed by atoms with Gasteiger partial charge in [0, 0.05) is 18.7 Å². The third-order valence-electron chi connectivity index (χ3n) is 2.13.